The molecule has 0 aliphatic carbocycles. The number of hydrogen-bond acceptors (Lipinski definition) is 7. The number of benzene rings is 2. The summed E-state index contributed by atoms with van der Waals surface area (Å²) in [5, 5.41) is 18.2. The number of amides is 1. The summed E-state index contributed by atoms with van der Waals surface area (Å²) in [6.07, 6.45) is 4.51. The normalized spacial score (nSPS) is 14.8. The van der Waals surface area contributed by atoms with Crippen LogP contribution in [-0.2, 0) is 4.79 Å². The molecule has 0 spiro atoms. The zero-order chi connectivity index (χ0) is 24.8. The minimum absolute atomic E-state index is 0.236. The lowest BCUT2D eigenvalue weighted by molar-refractivity contribution is -0.113. The van der Waals surface area contributed by atoms with Crippen molar-refractivity contribution in [2.45, 2.75) is 52.5 Å². The fourth-order valence-electron chi connectivity index (χ4n) is 4.13. The molecule has 1 aromatic heterocycles. The largest absolute Gasteiger partial charge is 0.493 e. The molecule has 1 aliphatic rings. The number of hydrogen-bond donors (Lipinski definition) is 2. The zero-order valence-electron chi connectivity index (χ0n) is 20.7. The van der Waals surface area contributed by atoms with Crippen LogP contribution < -0.4 is 20.1 Å². The lowest BCUT2D eigenvalue weighted by atomic mass is 9.94. The van der Waals surface area contributed by atoms with Gasteiger partial charge in [0.15, 0.2) is 11.5 Å². The van der Waals surface area contributed by atoms with Crippen molar-refractivity contribution in [1.29, 1.82) is 0 Å². The van der Waals surface area contributed by atoms with Crippen LogP contribution in [0.4, 0.5) is 11.6 Å². The van der Waals surface area contributed by atoms with Crippen LogP contribution in [0.25, 0.3) is 0 Å². The van der Waals surface area contributed by atoms with E-state index in [1.165, 1.54) is 12.8 Å². The average molecular weight is 477 g/mol. The fraction of sp³-hybridized carbons (Fsp3) is 0.385. The van der Waals surface area contributed by atoms with Gasteiger partial charge in [0.2, 0.25) is 5.95 Å². The molecule has 0 saturated carbocycles. The van der Waals surface area contributed by atoms with E-state index in [9.17, 15) is 4.79 Å². The van der Waals surface area contributed by atoms with Crippen LogP contribution in [0.3, 0.4) is 0 Å². The Morgan fingerprint density at radius 1 is 1.09 bits per heavy atom. The maximum Gasteiger partial charge on any atom is 0.255 e. The van der Waals surface area contributed by atoms with Crippen LogP contribution in [0.15, 0.2) is 53.7 Å². The standard InChI is InChI=1S/C26H32N6O3/c1-5-6-7-8-15-35-21-14-11-19(16-22(21)34-4)24-23(18(3)27-26-29-30-31-32(24)26)25(33)28-20-12-9-17(2)10-13-20/h9-14,16,24H,5-8,15H2,1-4H3,(H,28,33)(H,27,29,31). The molecule has 9 nitrogen and oxygen atoms in total. The number of fused-ring (bicyclic) bond motifs is 1. The molecule has 4 rings (SSSR count). The summed E-state index contributed by atoms with van der Waals surface area (Å²) in [5.41, 5.74) is 3.83. The van der Waals surface area contributed by atoms with E-state index < -0.39 is 6.04 Å². The van der Waals surface area contributed by atoms with Crippen molar-refractivity contribution >= 4 is 17.5 Å². The number of anilines is 2. The molecule has 2 aromatic carbocycles. The van der Waals surface area contributed by atoms with E-state index in [0.717, 1.165) is 24.0 Å². The Kier molecular flexibility index (Phi) is 7.64. The Labute approximate surface area is 205 Å². The quantitative estimate of drug-likeness (QED) is 0.402. The maximum absolute atomic E-state index is 13.5. The number of rotatable bonds is 10. The topological polar surface area (TPSA) is 103 Å². The summed E-state index contributed by atoms with van der Waals surface area (Å²) < 4.78 is 13.2. The molecule has 3 aromatic rings. The highest BCUT2D eigenvalue weighted by molar-refractivity contribution is 6.06. The SMILES string of the molecule is CCCCCCOc1ccc(C2C(C(=O)Nc3ccc(C)cc3)=C(C)Nc3nnnn32)cc1OC. The van der Waals surface area contributed by atoms with Gasteiger partial charge in [-0.15, -0.1) is 0 Å². The minimum Gasteiger partial charge on any atom is -0.493 e. The first-order chi connectivity index (χ1) is 17.0. The third-order valence-corrected chi connectivity index (χ3v) is 6.03. The van der Waals surface area contributed by atoms with Gasteiger partial charge in [-0.2, -0.15) is 4.68 Å². The number of carbonyl (C=O) groups is 1. The number of ether oxygens (including phenoxy) is 2. The van der Waals surface area contributed by atoms with E-state index in [2.05, 4.69) is 33.1 Å². The second-order valence-electron chi connectivity index (χ2n) is 8.65. The Morgan fingerprint density at radius 3 is 2.63 bits per heavy atom. The molecule has 1 unspecified atom stereocenters. The Hall–Kier alpha value is -3.88. The molecule has 1 atom stereocenters. The van der Waals surface area contributed by atoms with Gasteiger partial charge in [-0.3, -0.25) is 4.79 Å². The monoisotopic (exact) mass is 476 g/mol. The highest BCUT2D eigenvalue weighted by Crippen LogP contribution is 2.38. The van der Waals surface area contributed by atoms with Crippen molar-refractivity contribution in [3.63, 3.8) is 0 Å². The van der Waals surface area contributed by atoms with Crippen molar-refractivity contribution < 1.29 is 14.3 Å². The number of methoxy groups -OCH3 is 1. The van der Waals surface area contributed by atoms with Gasteiger partial charge in [-0.05, 0) is 60.5 Å². The van der Waals surface area contributed by atoms with Gasteiger partial charge in [0.1, 0.15) is 6.04 Å². The average Bonchev–Trinajstić information content (AvgIpc) is 3.32. The molecule has 35 heavy (non-hydrogen) atoms. The second kappa shape index (κ2) is 11.0. The van der Waals surface area contributed by atoms with Gasteiger partial charge in [0, 0.05) is 11.4 Å². The van der Waals surface area contributed by atoms with Gasteiger partial charge in [0.05, 0.1) is 19.3 Å². The molecule has 0 bridgehead atoms. The third-order valence-electron chi connectivity index (χ3n) is 6.03. The van der Waals surface area contributed by atoms with Gasteiger partial charge in [-0.1, -0.05) is 55.0 Å². The Bertz CT molecular complexity index is 1200. The van der Waals surface area contributed by atoms with Gasteiger partial charge in [-0.25, -0.2) is 0 Å². The summed E-state index contributed by atoms with van der Waals surface area (Å²) in [5.74, 6) is 1.50. The summed E-state index contributed by atoms with van der Waals surface area (Å²) in [4.78, 5) is 13.5. The first-order valence-corrected chi connectivity index (χ1v) is 12.0. The first kappa shape index (κ1) is 24.3. The zero-order valence-corrected chi connectivity index (χ0v) is 20.7. The molecule has 2 heterocycles. The van der Waals surface area contributed by atoms with Crippen LogP contribution in [0.5, 0.6) is 11.5 Å². The van der Waals surface area contributed by atoms with Crippen LogP contribution >= 0.6 is 0 Å². The number of aromatic nitrogens is 4. The molecule has 1 aliphatic heterocycles. The van der Waals surface area contributed by atoms with Crippen molar-refractivity contribution in [3.05, 3.63) is 64.9 Å². The van der Waals surface area contributed by atoms with E-state index in [1.807, 2.05) is 56.3 Å². The maximum atomic E-state index is 13.5. The van der Waals surface area contributed by atoms with Gasteiger partial charge < -0.3 is 20.1 Å². The summed E-state index contributed by atoms with van der Waals surface area (Å²) >= 11 is 0. The number of nitrogens with one attached hydrogen (secondary N) is 2. The molecule has 0 fully saturated rings. The highest BCUT2D eigenvalue weighted by Gasteiger charge is 2.34. The van der Waals surface area contributed by atoms with E-state index in [-0.39, 0.29) is 5.91 Å². The Balaban J connectivity index is 1.63. The van der Waals surface area contributed by atoms with E-state index >= 15 is 0 Å². The molecule has 2 N–H and O–H groups in total. The smallest absolute Gasteiger partial charge is 0.255 e. The predicted molar refractivity (Wildman–Crippen MR) is 135 cm³/mol. The first-order valence-electron chi connectivity index (χ1n) is 12.0. The summed E-state index contributed by atoms with van der Waals surface area (Å²) in [6, 6.07) is 12.8. The second-order valence-corrected chi connectivity index (χ2v) is 8.65. The van der Waals surface area contributed by atoms with Crippen molar-refractivity contribution in [2.24, 2.45) is 0 Å². The molecule has 9 heteroatoms. The number of carbonyl (C=O) groups excluding carboxylic acids is 1. The number of nitrogens with zero attached hydrogens (tertiary/aromatic N) is 4. The van der Waals surface area contributed by atoms with E-state index in [0.29, 0.717) is 41.0 Å². The lowest BCUT2D eigenvalue weighted by Gasteiger charge is -2.28. The molecular formula is C26H32N6O3. The lowest BCUT2D eigenvalue weighted by Crippen LogP contribution is -2.31. The molecule has 0 saturated heterocycles. The van der Waals surface area contributed by atoms with Crippen LogP contribution in [0.1, 0.15) is 56.7 Å². The number of aryl methyl sites for hydroxylation is 1. The van der Waals surface area contributed by atoms with Crippen LogP contribution in [-0.4, -0.2) is 39.8 Å². The van der Waals surface area contributed by atoms with E-state index in [4.69, 9.17) is 9.47 Å². The molecular weight excluding hydrogens is 444 g/mol. The van der Waals surface area contributed by atoms with Crippen molar-refractivity contribution in [1.82, 2.24) is 20.2 Å². The molecule has 184 valence electrons. The third kappa shape index (κ3) is 5.45. The summed E-state index contributed by atoms with van der Waals surface area (Å²) in [6.45, 7) is 6.67. The number of unbranched alkanes of at least 4 members (excludes halogenated alkanes) is 3. The van der Waals surface area contributed by atoms with Crippen LogP contribution in [0, 0.1) is 6.92 Å². The fourth-order valence-corrected chi connectivity index (χ4v) is 4.13. The highest BCUT2D eigenvalue weighted by atomic mass is 16.5. The molecule has 1 amide bonds. The Morgan fingerprint density at radius 2 is 1.89 bits per heavy atom. The molecule has 0 radical (unpaired) electrons. The van der Waals surface area contributed by atoms with Gasteiger partial charge in [0.25, 0.3) is 5.91 Å². The minimum atomic E-state index is -0.542. The van der Waals surface area contributed by atoms with Crippen LogP contribution in [0.2, 0.25) is 0 Å². The number of tetrazole rings is 1. The van der Waals surface area contributed by atoms with Crippen molar-refractivity contribution in [2.75, 3.05) is 24.4 Å². The van der Waals surface area contributed by atoms with Crippen molar-refractivity contribution in [3.8, 4) is 11.5 Å². The predicted octanol–water partition coefficient (Wildman–Crippen LogP) is 4.88. The van der Waals surface area contributed by atoms with E-state index in [1.54, 1.807) is 11.8 Å². The number of allylic oxidation sites excluding steroid dienone is 1. The summed E-state index contributed by atoms with van der Waals surface area (Å²) in [7, 11) is 1.61. The van der Waals surface area contributed by atoms with Gasteiger partial charge >= 0.3 is 0 Å².